The predicted molar refractivity (Wildman–Crippen MR) is 90.6 cm³/mol. The van der Waals surface area contributed by atoms with Crippen molar-refractivity contribution in [2.75, 3.05) is 6.26 Å². The molecule has 1 aliphatic carbocycles. The number of carbonyl (C=O) groups excluding carboxylic acids is 1. The number of aromatic nitrogens is 2. The summed E-state index contributed by atoms with van der Waals surface area (Å²) in [6.45, 7) is 0.476. The van der Waals surface area contributed by atoms with E-state index in [-0.39, 0.29) is 18.0 Å². The molecule has 120 valence electrons. The Morgan fingerprint density at radius 3 is 2.83 bits per heavy atom. The molecule has 23 heavy (non-hydrogen) atoms. The van der Waals surface area contributed by atoms with Crippen molar-refractivity contribution in [1.82, 2.24) is 14.9 Å². The molecule has 1 N–H and O–H groups in total. The molecule has 0 radical (unpaired) electrons. The summed E-state index contributed by atoms with van der Waals surface area (Å²) >= 11 is 1.40. The standard InChI is InChI=1S/C17H19N3O2S/c1-23-17-19-14-9-5-8-13(14)16(22)20(17)11-15(21)18-10-12-6-3-2-4-7-12/h2-4,6-7H,5,8-11H2,1H3,(H,18,21). The number of benzene rings is 1. The molecule has 0 atom stereocenters. The Bertz CT molecular complexity index is 771. The molecule has 0 bridgehead atoms. The lowest BCUT2D eigenvalue weighted by molar-refractivity contribution is -0.122. The van der Waals surface area contributed by atoms with E-state index in [9.17, 15) is 9.59 Å². The topological polar surface area (TPSA) is 64.0 Å². The normalized spacial score (nSPS) is 12.9. The van der Waals surface area contributed by atoms with Crippen LogP contribution in [0.3, 0.4) is 0 Å². The third kappa shape index (κ3) is 3.47. The molecule has 5 nitrogen and oxygen atoms in total. The second-order valence-electron chi connectivity index (χ2n) is 5.53. The van der Waals surface area contributed by atoms with Gasteiger partial charge in [-0.2, -0.15) is 0 Å². The molecule has 6 heteroatoms. The first-order valence-corrected chi connectivity index (χ1v) is 8.88. The maximum Gasteiger partial charge on any atom is 0.258 e. The van der Waals surface area contributed by atoms with E-state index in [4.69, 9.17) is 0 Å². The van der Waals surface area contributed by atoms with E-state index >= 15 is 0 Å². The fraction of sp³-hybridized carbons (Fsp3) is 0.353. The summed E-state index contributed by atoms with van der Waals surface area (Å²) < 4.78 is 1.50. The minimum atomic E-state index is -0.175. The summed E-state index contributed by atoms with van der Waals surface area (Å²) in [5.41, 5.74) is 2.65. The van der Waals surface area contributed by atoms with Gasteiger partial charge in [-0.1, -0.05) is 42.1 Å². The number of amides is 1. The van der Waals surface area contributed by atoms with Gasteiger partial charge >= 0.3 is 0 Å². The molecule has 0 fully saturated rings. The first-order valence-electron chi connectivity index (χ1n) is 7.66. The highest BCUT2D eigenvalue weighted by Crippen LogP contribution is 2.20. The Labute approximate surface area is 139 Å². The zero-order chi connectivity index (χ0) is 16.2. The van der Waals surface area contributed by atoms with Gasteiger partial charge in [-0.3, -0.25) is 14.2 Å². The van der Waals surface area contributed by atoms with E-state index in [0.717, 1.165) is 36.1 Å². The number of hydrogen-bond donors (Lipinski definition) is 1. The lowest BCUT2D eigenvalue weighted by Crippen LogP contribution is -2.34. The number of carbonyl (C=O) groups is 1. The number of rotatable bonds is 5. The molecule has 1 amide bonds. The molecule has 0 saturated heterocycles. The van der Waals surface area contributed by atoms with Gasteiger partial charge in [0.2, 0.25) is 5.91 Å². The third-order valence-corrected chi connectivity index (χ3v) is 4.65. The largest absolute Gasteiger partial charge is 0.350 e. The van der Waals surface area contributed by atoms with Gasteiger partial charge in [0.1, 0.15) is 6.54 Å². The van der Waals surface area contributed by atoms with Crippen molar-refractivity contribution in [3.8, 4) is 0 Å². The molecule has 3 rings (SSSR count). The highest BCUT2D eigenvalue weighted by Gasteiger charge is 2.21. The van der Waals surface area contributed by atoms with Crippen LogP contribution in [-0.2, 0) is 30.7 Å². The predicted octanol–water partition coefficient (Wildman–Crippen LogP) is 1.77. The molecule has 0 spiro atoms. The minimum absolute atomic E-state index is 0.0160. The van der Waals surface area contributed by atoms with Crippen molar-refractivity contribution in [3.63, 3.8) is 0 Å². The maximum atomic E-state index is 12.6. The number of hydrogen-bond acceptors (Lipinski definition) is 4. The number of aryl methyl sites for hydroxylation is 1. The Balaban J connectivity index is 1.74. The van der Waals surface area contributed by atoms with Crippen LogP contribution in [0.1, 0.15) is 23.2 Å². The molecule has 1 heterocycles. The van der Waals surface area contributed by atoms with Gasteiger partial charge in [0.05, 0.1) is 5.69 Å². The van der Waals surface area contributed by atoms with Crippen LogP contribution in [-0.4, -0.2) is 21.7 Å². The van der Waals surface area contributed by atoms with Crippen LogP contribution in [0.5, 0.6) is 0 Å². The lowest BCUT2D eigenvalue weighted by Gasteiger charge is -2.12. The van der Waals surface area contributed by atoms with Gasteiger partial charge in [0.25, 0.3) is 5.56 Å². The Kier molecular flexibility index (Phi) is 4.81. The van der Waals surface area contributed by atoms with Crippen molar-refractivity contribution in [2.24, 2.45) is 0 Å². The van der Waals surface area contributed by atoms with E-state index in [0.29, 0.717) is 11.7 Å². The number of thioether (sulfide) groups is 1. The van der Waals surface area contributed by atoms with Crippen LogP contribution in [0, 0.1) is 0 Å². The van der Waals surface area contributed by atoms with Crippen molar-refractivity contribution >= 4 is 17.7 Å². The maximum absolute atomic E-state index is 12.6. The molecule has 0 aliphatic heterocycles. The summed E-state index contributed by atoms with van der Waals surface area (Å²) in [6, 6.07) is 9.71. The van der Waals surface area contributed by atoms with E-state index in [1.165, 1.54) is 16.3 Å². The molecule has 1 aromatic heterocycles. The van der Waals surface area contributed by atoms with Crippen molar-refractivity contribution in [2.45, 2.75) is 37.5 Å². The monoisotopic (exact) mass is 329 g/mol. The molecular weight excluding hydrogens is 310 g/mol. The van der Waals surface area contributed by atoms with Gasteiger partial charge in [-0.05, 0) is 31.1 Å². The fourth-order valence-corrected chi connectivity index (χ4v) is 3.37. The van der Waals surface area contributed by atoms with Crippen molar-refractivity contribution in [1.29, 1.82) is 0 Å². The highest BCUT2D eigenvalue weighted by atomic mass is 32.2. The molecule has 2 aromatic rings. The Morgan fingerprint density at radius 1 is 1.30 bits per heavy atom. The number of nitrogens with one attached hydrogen (secondary N) is 1. The molecule has 0 saturated carbocycles. The van der Waals surface area contributed by atoms with Gasteiger partial charge in [-0.15, -0.1) is 0 Å². The Hall–Kier alpha value is -2.08. The summed E-state index contributed by atoms with van der Waals surface area (Å²) in [4.78, 5) is 29.3. The highest BCUT2D eigenvalue weighted by molar-refractivity contribution is 7.98. The SMILES string of the molecule is CSc1nc2c(c(=O)n1CC(=O)NCc1ccccc1)CCC2. The molecule has 0 unspecified atom stereocenters. The second kappa shape index (κ2) is 7.00. The second-order valence-corrected chi connectivity index (χ2v) is 6.30. The van der Waals surface area contributed by atoms with Gasteiger partial charge in [-0.25, -0.2) is 4.98 Å². The molecular formula is C17H19N3O2S. The van der Waals surface area contributed by atoms with Gasteiger partial charge in [0, 0.05) is 12.1 Å². The quantitative estimate of drug-likeness (QED) is 0.671. The smallest absolute Gasteiger partial charge is 0.258 e. The van der Waals surface area contributed by atoms with Crippen LogP contribution in [0.25, 0.3) is 0 Å². The Morgan fingerprint density at radius 2 is 2.09 bits per heavy atom. The summed E-state index contributed by atoms with van der Waals surface area (Å²) in [6.07, 6.45) is 4.47. The summed E-state index contributed by atoms with van der Waals surface area (Å²) in [7, 11) is 0. The zero-order valence-electron chi connectivity index (χ0n) is 13.0. The van der Waals surface area contributed by atoms with Crippen molar-refractivity contribution < 1.29 is 4.79 Å². The molecule has 1 aliphatic rings. The van der Waals surface area contributed by atoms with E-state index < -0.39 is 0 Å². The fourth-order valence-electron chi connectivity index (χ4n) is 2.80. The first-order chi connectivity index (χ1) is 11.2. The first kappa shape index (κ1) is 15.8. The van der Waals surface area contributed by atoms with Crippen LogP contribution in [0.15, 0.2) is 40.3 Å². The van der Waals surface area contributed by atoms with Gasteiger partial charge in [0.15, 0.2) is 5.16 Å². The van der Waals surface area contributed by atoms with Crippen LogP contribution in [0.4, 0.5) is 0 Å². The van der Waals surface area contributed by atoms with Gasteiger partial charge < -0.3 is 5.32 Å². The third-order valence-electron chi connectivity index (χ3n) is 3.97. The minimum Gasteiger partial charge on any atom is -0.350 e. The number of nitrogens with zero attached hydrogens (tertiary/aromatic N) is 2. The van der Waals surface area contributed by atoms with Crippen LogP contribution >= 0.6 is 11.8 Å². The lowest BCUT2D eigenvalue weighted by atomic mass is 10.2. The van der Waals surface area contributed by atoms with Crippen LogP contribution in [0.2, 0.25) is 0 Å². The van der Waals surface area contributed by atoms with E-state index in [2.05, 4.69) is 10.3 Å². The van der Waals surface area contributed by atoms with E-state index in [1.54, 1.807) is 0 Å². The molecule has 1 aromatic carbocycles. The van der Waals surface area contributed by atoms with Crippen LogP contribution < -0.4 is 10.9 Å². The van der Waals surface area contributed by atoms with Crippen molar-refractivity contribution in [3.05, 3.63) is 57.5 Å². The zero-order valence-corrected chi connectivity index (χ0v) is 13.9. The average Bonchev–Trinajstić information content (AvgIpc) is 3.05. The van der Waals surface area contributed by atoms with E-state index in [1.807, 2.05) is 36.6 Å². The number of fused-ring (bicyclic) bond motifs is 1. The average molecular weight is 329 g/mol. The summed E-state index contributed by atoms with van der Waals surface area (Å²) in [5.74, 6) is -0.175. The summed E-state index contributed by atoms with van der Waals surface area (Å²) in [5, 5.41) is 3.47.